The van der Waals surface area contributed by atoms with Crippen molar-refractivity contribution in [3.63, 3.8) is 0 Å². The van der Waals surface area contributed by atoms with Crippen LogP contribution >= 0.6 is 0 Å². The van der Waals surface area contributed by atoms with Crippen molar-refractivity contribution >= 4 is 0 Å². The Labute approximate surface area is 231 Å². The van der Waals surface area contributed by atoms with Crippen LogP contribution in [0.5, 0.6) is 23.0 Å². The van der Waals surface area contributed by atoms with Crippen LogP contribution in [-0.4, -0.2) is 49.5 Å². The van der Waals surface area contributed by atoms with Gasteiger partial charge in [-0.25, -0.2) is 0 Å². The minimum absolute atomic E-state index is 0.286. The van der Waals surface area contributed by atoms with E-state index < -0.39 is 6.10 Å². The maximum atomic E-state index is 10.6. The van der Waals surface area contributed by atoms with Crippen molar-refractivity contribution in [2.75, 3.05) is 33.4 Å². The van der Waals surface area contributed by atoms with Gasteiger partial charge in [0.2, 0.25) is 0 Å². The molecule has 5 nitrogen and oxygen atoms in total. The number of piperidine rings is 1. The number of aryl methyl sites for hydroxylation is 1. The molecule has 5 heteroatoms. The molecule has 1 unspecified atom stereocenters. The topological polar surface area (TPSA) is 51.2 Å². The smallest absolute Gasteiger partial charge is 0.127 e. The number of nitrogens with zero attached hydrogens (tertiary/aromatic N) is 1. The van der Waals surface area contributed by atoms with Crippen LogP contribution in [0.3, 0.4) is 0 Å². The number of ether oxygens (including phenoxy) is 3. The van der Waals surface area contributed by atoms with Crippen LogP contribution < -0.4 is 14.2 Å². The molecular formula is C34H37NO4. The normalized spacial score (nSPS) is 15.1. The Morgan fingerprint density at radius 1 is 0.795 bits per heavy atom. The van der Waals surface area contributed by atoms with Crippen LogP contribution in [0.25, 0.3) is 11.1 Å². The number of likely N-dealkylation sites (tertiary alicyclic amines) is 1. The largest absolute Gasteiger partial charge is 0.497 e. The van der Waals surface area contributed by atoms with Gasteiger partial charge in [-0.1, -0.05) is 54.6 Å². The molecule has 0 aliphatic carbocycles. The fraction of sp³-hybridized carbons (Fsp3) is 0.294. The Kier molecular flexibility index (Phi) is 8.82. The lowest BCUT2D eigenvalue weighted by molar-refractivity contribution is 0.0592. The fourth-order valence-electron chi connectivity index (χ4n) is 5.18. The van der Waals surface area contributed by atoms with E-state index in [9.17, 15) is 5.11 Å². The van der Waals surface area contributed by atoms with Gasteiger partial charge in [-0.15, -0.1) is 0 Å². The molecule has 1 aliphatic heterocycles. The number of methoxy groups -OCH3 is 1. The van der Waals surface area contributed by atoms with E-state index in [4.69, 9.17) is 14.2 Å². The zero-order chi connectivity index (χ0) is 27.0. The Morgan fingerprint density at radius 3 is 2.05 bits per heavy atom. The molecule has 1 N–H and O–H groups in total. The monoisotopic (exact) mass is 523 g/mol. The standard InChI is InChI=1S/C34H37NO4/c1-25-22-33(37-2)16-17-34(25)38-24-30(36)23-35-20-18-29(19-21-35)27-10-8-26(9-11-27)28-12-14-32(15-13-28)39-31-6-4-3-5-7-31/h3-17,22,29-30,36H,18-21,23-24H2,1-2H3. The number of para-hydroxylation sites is 1. The molecule has 1 aliphatic rings. The minimum Gasteiger partial charge on any atom is -0.497 e. The third kappa shape index (κ3) is 7.20. The molecule has 0 bridgehead atoms. The summed E-state index contributed by atoms with van der Waals surface area (Å²) in [6.45, 7) is 4.86. The number of aliphatic hydroxyl groups is 1. The Balaban J connectivity index is 1.08. The highest BCUT2D eigenvalue weighted by atomic mass is 16.5. The Morgan fingerprint density at radius 2 is 1.41 bits per heavy atom. The first kappa shape index (κ1) is 26.8. The van der Waals surface area contributed by atoms with Crippen LogP contribution in [-0.2, 0) is 0 Å². The molecule has 0 radical (unpaired) electrons. The molecule has 4 aromatic rings. The van der Waals surface area contributed by atoms with Gasteiger partial charge in [0.15, 0.2) is 0 Å². The molecule has 0 spiro atoms. The molecule has 0 saturated carbocycles. The molecule has 0 amide bonds. The van der Waals surface area contributed by atoms with E-state index in [1.54, 1.807) is 7.11 Å². The summed E-state index contributed by atoms with van der Waals surface area (Å²) in [6.07, 6.45) is 1.67. The molecular weight excluding hydrogens is 486 g/mol. The number of β-amino-alcohol motifs (C(OH)–C–C–N with tert-alkyl or cyclic N) is 1. The number of aliphatic hydroxyl groups excluding tert-OH is 1. The zero-order valence-electron chi connectivity index (χ0n) is 22.8. The quantitative estimate of drug-likeness (QED) is 0.241. The molecule has 39 heavy (non-hydrogen) atoms. The van der Waals surface area contributed by atoms with E-state index in [0.29, 0.717) is 12.5 Å². The van der Waals surface area contributed by atoms with Crippen LogP contribution in [0.1, 0.15) is 29.9 Å². The van der Waals surface area contributed by atoms with Gasteiger partial charge in [0.25, 0.3) is 0 Å². The van der Waals surface area contributed by atoms with Crippen molar-refractivity contribution in [3.8, 4) is 34.1 Å². The highest BCUT2D eigenvalue weighted by Gasteiger charge is 2.22. The lowest BCUT2D eigenvalue weighted by Crippen LogP contribution is -2.40. The van der Waals surface area contributed by atoms with Crippen LogP contribution in [0.15, 0.2) is 97.1 Å². The maximum Gasteiger partial charge on any atom is 0.127 e. The molecule has 1 fully saturated rings. The second-order valence-corrected chi connectivity index (χ2v) is 10.2. The average Bonchev–Trinajstić information content (AvgIpc) is 2.98. The SMILES string of the molecule is COc1ccc(OCC(O)CN2CCC(c3ccc(-c4ccc(Oc5ccccc5)cc4)cc3)CC2)c(C)c1. The van der Waals surface area contributed by atoms with E-state index in [1.165, 1.54) is 16.7 Å². The van der Waals surface area contributed by atoms with Crippen molar-refractivity contribution in [1.29, 1.82) is 0 Å². The Hall–Kier alpha value is -3.80. The third-order valence-electron chi connectivity index (χ3n) is 7.42. The molecule has 1 atom stereocenters. The number of hydrogen-bond acceptors (Lipinski definition) is 5. The van der Waals surface area contributed by atoms with Gasteiger partial charge in [-0.2, -0.15) is 0 Å². The van der Waals surface area contributed by atoms with Gasteiger partial charge < -0.3 is 24.2 Å². The molecule has 1 heterocycles. The van der Waals surface area contributed by atoms with E-state index in [0.717, 1.165) is 54.5 Å². The molecule has 202 valence electrons. The first-order chi connectivity index (χ1) is 19.1. The second kappa shape index (κ2) is 12.8. The summed E-state index contributed by atoms with van der Waals surface area (Å²) >= 11 is 0. The lowest BCUT2D eigenvalue weighted by Gasteiger charge is -2.33. The van der Waals surface area contributed by atoms with Gasteiger partial charge in [0.1, 0.15) is 35.7 Å². The number of hydrogen-bond donors (Lipinski definition) is 1. The highest BCUT2D eigenvalue weighted by Crippen LogP contribution is 2.31. The summed E-state index contributed by atoms with van der Waals surface area (Å²) in [4.78, 5) is 2.35. The summed E-state index contributed by atoms with van der Waals surface area (Å²) in [7, 11) is 1.65. The fourth-order valence-corrected chi connectivity index (χ4v) is 5.18. The lowest BCUT2D eigenvalue weighted by atomic mass is 9.88. The van der Waals surface area contributed by atoms with Gasteiger partial charge in [-0.05, 0) is 103 Å². The van der Waals surface area contributed by atoms with Gasteiger partial charge >= 0.3 is 0 Å². The molecule has 0 aromatic heterocycles. The summed E-state index contributed by atoms with van der Waals surface area (Å²) in [6, 6.07) is 32.8. The number of rotatable bonds is 10. The van der Waals surface area contributed by atoms with Gasteiger partial charge in [0.05, 0.1) is 7.11 Å². The first-order valence-electron chi connectivity index (χ1n) is 13.7. The van der Waals surface area contributed by atoms with Gasteiger partial charge in [0, 0.05) is 6.54 Å². The van der Waals surface area contributed by atoms with Crippen molar-refractivity contribution in [1.82, 2.24) is 4.90 Å². The zero-order valence-corrected chi connectivity index (χ0v) is 22.8. The Bertz CT molecular complexity index is 1310. The maximum absolute atomic E-state index is 10.6. The van der Waals surface area contributed by atoms with Gasteiger partial charge in [-0.3, -0.25) is 0 Å². The van der Waals surface area contributed by atoms with Crippen molar-refractivity contribution in [2.24, 2.45) is 0 Å². The average molecular weight is 524 g/mol. The van der Waals surface area contributed by atoms with Crippen molar-refractivity contribution < 1.29 is 19.3 Å². The predicted molar refractivity (Wildman–Crippen MR) is 156 cm³/mol. The number of benzene rings is 4. The summed E-state index contributed by atoms with van der Waals surface area (Å²) in [5.74, 6) is 3.81. The summed E-state index contributed by atoms with van der Waals surface area (Å²) in [5, 5.41) is 10.6. The predicted octanol–water partition coefficient (Wildman–Crippen LogP) is 7.08. The van der Waals surface area contributed by atoms with Crippen LogP contribution in [0.4, 0.5) is 0 Å². The minimum atomic E-state index is -0.521. The summed E-state index contributed by atoms with van der Waals surface area (Å²) in [5.41, 5.74) is 4.78. The van der Waals surface area contributed by atoms with E-state index in [-0.39, 0.29) is 6.61 Å². The van der Waals surface area contributed by atoms with E-state index in [2.05, 4.69) is 41.3 Å². The second-order valence-electron chi connectivity index (χ2n) is 10.2. The summed E-state index contributed by atoms with van der Waals surface area (Å²) < 4.78 is 17.0. The highest BCUT2D eigenvalue weighted by molar-refractivity contribution is 5.64. The van der Waals surface area contributed by atoms with E-state index in [1.807, 2.05) is 67.6 Å². The molecule has 5 rings (SSSR count). The van der Waals surface area contributed by atoms with Crippen molar-refractivity contribution in [2.45, 2.75) is 31.8 Å². The van der Waals surface area contributed by atoms with E-state index >= 15 is 0 Å². The molecule has 4 aromatic carbocycles. The third-order valence-corrected chi connectivity index (χ3v) is 7.42. The first-order valence-corrected chi connectivity index (χ1v) is 13.7. The van der Waals surface area contributed by atoms with Crippen LogP contribution in [0.2, 0.25) is 0 Å². The molecule has 1 saturated heterocycles. The van der Waals surface area contributed by atoms with Crippen molar-refractivity contribution in [3.05, 3.63) is 108 Å². The van der Waals surface area contributed by atoms with Crippen LogP contribution in [0, 0.1) is 6.92 Å².